The van der Waals surface area contributed by atoms with Crippen LogP contribution in [0.2, 0.25) is 5.02 Å². The van der Waals surface area contributed by atoms with E-state index in [0.717, 1.165) is 15.7 Å². The molecule has 1 N–H and O–H groups in total. The Morgan fingerprint density at radius 3 is 2.26 bits per heavy atom. The number of aryl methyl sites for hydroxylation is 2. The summed E-state index contributed by atoms with van der Waals surface area (Å²) in [4.78, 5) is 5.96. The Morgan fingerprint density at radius 2 is 1.79 bits per heavy atom. The molecular formula is C15H19ClN2S. The third kappa shape index (κ3) is 3.56. The molecule has 0 fully saturated rings. The van der Waals surface area contributed by atoms with Gasteiger partial charge in [0.2, 0.25) is 0 Å². The van der Waals surface area contributed by atoms with E-state index in [1.807, 2.05) is 12.1 Å². The van der Waals surface area contributed by atoms with Crippen molar-refractivity contribution in [2.45, 2.75) is 39.8 Å². The quantitative estimate of drug-likeness (QED) is 0.898. The summed E-state index contributed by atoms with van der Waals surface area (Å²) in [5.74, 6) is 0. The second-order valence-corrected chi connectivity index (χ2v) is 6.67. The van der Waals surface area contributed by atoms with Crippen molar-refractivity contribution in [3.05, 3.63) is 50.4 Å². The lowest BCUT2D eigenvalue weighted by Crippen LogP contribution is -2.28. The van der Waals surface area contributed by atoms with E-state index in [-0.39, 0.29) is 6.04 Å². The molecule has 0 saturated carbocycles. The summed E-state index contributed by atoms with van der Waals surface area (Å²) in [5.41, 5.74) is 2.32. The molecule has 2 rings (SSSR count). The predicted molar refractivity (Wildman–Crippen MR) is 83.2 cm³/mol. The van der Waals surface area contributed by atoms with E-state index in [1.54, 1.807) is 11.3 Å². The van der Waals surface area contributed by atoms with Crippen LogP contribution in [0.3, 0.4) is 0 Å². The lowest BCUT2D eigenvalue weighted by Gasteiger charge is -2.19. The molecule has 0 radical (unpaired) electrons. The van der Waals surface area contributed by atoms with Crippen molar-refractivity contribution in [2.75, 3.05) is 0 Å². The molecule has 1 aromatic carbocycles. The molecule has 4 heteroatoms. The van der Waals surface area contributed by atoms with E-state index in [9.17, 15) is 0 Å². The largest absolute Gasteiger partial charge is 0.302 e. The maximum atomic E-state index is 5.96. The predicted octanol–water partition coefficient (Wildman–Crippen LogP) is 4.50. The third-order valence-corrected chi connectivity index (χ3v) is 4.39. The van der Waals surface area contributed by atoms with Crippen molar-refractivity contribution in [3.8, 4) is 0 Å². The first kappa shape index (κ1) is 14.5. The molecule has 0 spiro atoms. The minimum atomic E-state index is 0.134. The fraction of sp³-hybridized carbons (Fsp3) is 0.400. The number of hydrogen-bond acceptors (Lipinski definition) is 3. The van der Waals surface area contributed by atoms with Crippen molar-refractivity contribution < 1.29 is 0 Å². The van der Waals surface area contributed by atoms with Crippen LogP contribution in [0.15, 0.2) is 24.3 Å². The van der Waals surface area contributed by atoms with E-state index in [2.05, 4.69) is 50.1 Å². The van der Waals surface area contributed by atoms with E-state index >= 15 is 0 Å². The van der Waals surface area contributed by atoms with Crippen LogP contribution in [-0.4, -0.2) is 11.0 Å². The molecule has 2 nitrogen and oxygen atoms in total. The van der Waals surface area contributed by atoms with Crippen LogP contribution in [0.5, 0.6) is 0 Å². The molecule has 0 amide bonds. The lowest BCUT2D eigenvalue weighted by molar-refractivity contribution is 0.526. The summed E-state index contributed by atoms with van der Waals surface area (Å²) in [6.07, 6.45) is 0. The van der Waals surface area contributed by atoms with Crippen molar-refractivity contribution in [2.24, 2.45) is 0 Å². The fourth-order valence-electron chi connectivity index (χ4n) is 1.92. The van der Waals surface area contributed by atoms with Crippen LogP contribution in [0.1, 0.15) is 41.0 Å². The van der Waals surface area contributed by atoms with E-state index < -0.39 is 0 Å². The van der Waals surface area contributed by atoms with Gasteiger partial charge in [0.15, 0.2) is 0 Å². The molecule has 1 heterocycles. The van der Waals surface area contributed by atoms with Crippen LogP contribution >= 0.6 is 22.9 Å². The molecule has 102 valence electrons. The first-order chi connectivity index (χ1) is 8.97. The highest BCUT2D eigenvalue weighted by atomic mass is 35.5. The first-order valence-electron chi connectivity index (χ1n) is 6.43. The molecule has 0 aliphatic rings. The summed E-state index contributed by atoms with van der Waals surface area (Å²) >= 11 is 7.72. The molecular weight excluding hydrogens is 276 g/mol. The van der Waals surface area contributed by atoms with Gasteiger partial charge in [0, 0.05) is 15.9 Å². The molecule has 1 aromatic heterocycles. The maximum absolute atomic E-state index is 5.96. The Morgan fingerprint density at radius 1 is 1.16 bits per heavy atom. The van der Waals surface area contributed by atoms with Crippen molar-refractivity contribution in [1.29, 1.82) is 0 Å². The minimum absolute atomic E-state index is 0.134. The van der Waals surface area contributed by atoms with Gasteiger partial charge in [-0.15, -0.1) is 11.3 Å². The SMILES string of the molecule is Cc1nc(C(NC(C)C)c2ccc(Cl)cc2)sc1C. The topological polar surface area (TPSA) is 24.9 Å². The fourth-order valence-corrected chi connectivity index (χ4v) is 3.06. The molecule has 0 bridgehead atoms. The van der Waals surface area contributed by atoms with E-state index in [4.69, 9.17) is 11.6 Å². The number of aromatic nitrogens is 1. The van der Waals surface area contributed by atoms with E-state index in [1.165, 1.54) is 10.4 Å². The van der Waals surface area contributed by atoms with Crippen molar-refractivity contribution in [1.82, 2.24) is 10.3 Å². The number of hydrogen-bond donors (Lipinski definition) is 1. The molecule has 0 saturated heterocycles. The zero-order chi connectivity index (χ0) is 14.0. The Balaban J connectivity index is 2.37. The average Bonchev–Trinajstić information content (AvgIpc) is 2.67. The number of nitrogens with one attached hydrogen (secondary N) is 1. The van der Waals surface area contributed by atoms with Gasteiger partial charge in [-0.2, -0.15) is 0 Å². The van der Waals surface area contributed by atoms with Gasteiger partial charge in [-0.25, -0.2) is 4.98 Å². The number of halogens is 1. The molecule has 1 atom stereocenters. The molecule has 2 aromatic rings. The maximum Gasteiger partial charge on any atom is 0.115 e. The van der Waals surface area contributed by atoms with Gasteiger partial charge in [0.25, 0.3) is 0 Å². The second-order valence-electron chi connectivity index (χ2n) is 5.00. The summed E-state index contributed by atoms with van der Waals surface area (Å²) in [5, 5.41) is 5.46. The Hall–Kier alpha value is -0.900. The smallest absolute Gasteiger partial charge is 0.115 e. The monoisotopic (exact) mass is 294 g/mol. The number of thiazole rings is 1. The first-order valence-corrected chi connectivity index (χ1v) is 7.62. The zero-order valence-electron chi connectivity index (χ0n) is 11.7. The van der Waals surface area contributed by atoms with Crippen molar-refractivity contribution in [3.63, 3.8) is 0 Å². The van der Waals surface area contributed by atoms with Gasteiger partial charge in [0.05, 0.1) is 11.7 Å². The van der Waals surface area contributed by atoms with Gasteiger partial charge in [0.1, 0.15) is 5.01 Å². The van der Waals surface area contributed by atoms with Crippen LogP contribution in [0.25, 0.3) is 0 Å². The molecule has 0 aliphatic heterocycles. The summed E-state index contributed by atoms with van der Waals surface area (Å²) < 4.78 is 0. The van der Waals surface area contributed by atoms with Crippen LogP contribution in [-0.2, 0) is 0 Å². The normalized spacial score (nSPS) is 12.9. The Bertz CT molecular complexity index is 526. The highest BCUT2D eigenvalue weighted by molar-refractivity contribution is 7.11. The van der Waals surface area contributed by atoms with Gasteiger partial charge in [-0.1, -0.05) is 23.7 Å². The number of benzene rings is 1. The summed E-state index contributed by atoms with van der Waals surface area (Å²) in [7, 11) is 0. The number of rotatable bonds is 4. The van der Waals surface area contributed by atoms with Gasteiger partial charge < -0.3 is 5.32 Å². The standard InChI is InChI=1S/C15H19ClN2S/c1-9(2)17-14(12-5-7-13(16)8-6-12)15-18-10(3)11(4)19-15/h5-9,14,17H,1-4H3. The number of nitrogens with zero attached hydrogens (tertiary/aromatic N) is 1. The van der Waals surface area contributed by atoms with Crippen LogP contribution < -0.4 is 5.32 Å². The lowest BCUT2D eigenvalue weighted by atomic mass is 10.1. The van der Waals surface area contributed by atoms with Gasteiger partial charge in [-0.05, 0) is 45.4 Å². The average molecular weight is 295 g/mol. The zero-order valence-corrected chi connectivity index (χ0v) is 13.3. The Kier molecular flexibility index (Phi) is 4.61. The Labute approximate surface area is 123 Å². The van der Waals surface area contributed by atoms with E-state index in [0.29, 0.717) is 6.04 Å². The summed E-state index contributed by atoms with van der Waals surface area (Å²) in [6, 6.07) is 8.52. The summed E-state index contributed by atoms with van der Waals surface area (Å²) in [6.45, 7) is 8.47. The van der Waals surface area contributed by atoms with Gasteiger partial charge in [-0.3, -0.25) is 0 Å². The van der Waals surface area contributed by atoms with Crippen LogP contribution in [0, 0.1) is 13.8 Å². The highest BCUT2D eigenvalue weighted by Gasteiger charge is 2.19. The van der Waals surface area contributed by atoms with Gasteiger partial charge >= 0.3 is 0 Å². The molecule has 1 unspecified atom stereocenters. The molecule has 19 heavy (non-hydrogen) atoms. The van der Waals surface area contributed by atoms with Crippen molar-refractivity contribution >= 4 is 22.9 Å². The minimum Gasteiger partial charge on any atom is -0.302 e. The molecule has 0 aliphatic carbocycles. The second kappa shape index (κ2) is 6.04. The highest BCUT2D eigenvalue weighted by Crippen LogP contribution is 2.29. The third-order valence-electron chi connectivity index (χ3n) is 3.00. The van der Waals surface area contributed by atoms with Crippen LogP contribution in [0.4, 0.5) is 0 Å².